The highest BCUT2D eigenvalue weighted by Gasteiger charge is 2.18. The Hall–Kier alpha value is -1.72. The van der Waals surface area contributed by atoms with Crippen LogP contribution in [0.4, 0.5) is 5.69 Å². The first-order chi connectivity index (χ1) is 8.67. The summed E-state index contributed by atoms with van der Waals surface area (Å²) in [5.41, 5.74) is 9.67. The lowest BCUT2D eigenvalue weighted by atomic mass is 10.1. The Morgan fingerprint density at radius 1 is 1.50 bits per heavy atom. The molecule has 0 fully saturated rings. The van der Waals surface area contributed by atoms with Crippen molar-refractivity contribution in [1.82, 2.24) is 4.98 Å². The molecular weight excluding hydrogens is 246 g/mol. The van der Waals surface area contributed by atoms with Crippen molar-refractivity contribution in [1.29, 1.82) is 0 Å². The van der Waals surface area contributed by atoms with Gasteiger partial charge in [-0.2, -0.15) is 0 Å². The quantitative estimate of drug-likeness (QED) is 0.867. The van der Waals surface area contributed by atoms with Crippen LogP contribution in [0, 0.1) is 6.92 Å². The van der Waals surface area contributed by atoms with Crippen LogP contribution in [0.25, 0.3) is 10.6 Å². The van der Waals surface area contributed by atoms with Crippen molar-refractivity contribution in [2.45, 2.75) is 19.9 Å². The van der Waals surface area contributed by atoms with Crippen LogP contribution in [0.5, 0.6) is 0 Å². The van der Waals surface area contributed by atoms with Crippen LogP contribution in [0.2, 0.25) is 0 Å². The van der Waals surface area contributed by atoms with Crippen LogP contribution in [0.1, 0.15) is 16.1 Å². The highest BCUT2D eigenvalue weighted by molar-refractivity contribution is 7.15. The van der Waals surface area contributed by atoms with E-state index in [1.54, 1.807) is 11.3 Å². The molecular formula is C13H13N3OS. The smallest absolute Gasteiger partial charge is 0.228 e. The number of aryl methyl sites for hydroxylation is 1. The molecule has 1 aromatic heterocycles. The third-order valence-electron chi connectivity index (χ3n) is 3.06. The first-order valence-electron chi connectivity index (χ1n) is 5.77. The molecule has 3 rings (SSSR count). The van der Waals surface area contributed by atoms with Gasteiger partial charge in [-0.25, -0.2) is 4.98 Å². The van der Waals surface area contributed by atoms with E-state index in [2.05, 4.69) is 10.3 Å². The second-order valence-corrected chi connectivity index (χ2v) is 5.41. The highest BCUT2D eigenvalue weighted by Crippen LogP contribution is 2.32. The Kier molecular flexibility index (Phi) is 2.65. The number of hydrogen-bond donors (Lipinski definition) is 2. The fraction of sp³-hybridized carbons (Fsp3) is 0.231. The van der Waals surface area contributed by atoms with Crippen molar-refractivity contribution in [3.05, 3.63) is 34.3 Å². The average Bonchev–Trinajstić information content (AvgIpc) is 2.89. The van der Waals surface area contributed by atoms with E-state index >= 15 is 0 Å². The van der Waals surface area contributed by atoms with Crippen molar-refractivity contribution in [3.8, 4) is 10.6 Å². The molecule has 0 saturated heterocycles. The molecule has 0 unspecified atom stereocenters. The van der Waals surface area contributed by atoms with Crippen molar-refractivity contribution < 1.29 is 4.79 Å². The number of anilines is 1. The summed E-state index contributed by atoms with van der Waals surface area (Å²) in [7, 11) is 0. The maximum atomic E-state index is 11.3. The number of aromatic nitrogens is 1. The van der Waals surface area contributed by atoms with E-state index in [9.17, 15) is 4.79 Å². The molecule has 0 radical (unpaired) electrons. The van der Waals surface area contributed by atoms with Crippen LogP contribution >= 0.6 is 11.3 Å². The van der Waals surface area contributed by atoms with Crippen LogP contribution in [-0.4, -0.2) is 10.9 Å². The van der Waals surface area contributed by atoms with Gasteiger partial charge in [0.25, 0.3) is 0 Å². The van der Waals surface area contributed by atoms with E-state index in [0.717, 1.165) is 32.4 Å². The third kappa shape index (κ3) is 1.81. The number of carbonyl (C=O) groups excluding carboxylic acids is 1. The molecule has 4 nitrogen and oxygen atoms in total. The first kappa shape index (κ1) is 11.4. The van der Waals surface area contributed by atoms with Crippen LogP contribution in [0.3, 0.4) is 0 Å². The summed E-state index contributed by atoms with van der Waals surface area (Å²) in [6, 6.07) is 5.96. The maximum absolute atomic E-state index is 11.3. The fourth-order valence-corrected chi connectivity index (χ4v) is 3.04. The number of hydrogen-bond acceptors (Lipinski definition) is 4. The van der Waals surface area contributed by atoms with Crippen LogP contribution < -0.4 is 11.1 Å². The van der Waals surface area contributed by atoms with Gasteiger partial charge < -0.3 is 11.1 Å². The van der Waals surface area contributed by atoms with E-state index in [4.69, 9.17) is 5.73 Å². The zero-order valence-corrected chi connectivity index (χ0v) is 10.8. The lowest BCUT2D eigenvalue weighted by molar-refractivity contribution is -0.115. The number of amides is 1. The van der Waals surface area contributed by atoms with Gasteiger partial charge in [-0.3, -0.25) is 4.79 Å². The Labute approximate surface area is 109 Å². The van der Waals surface area contributed by atoms with Crippen molar-refractivity contribution in [2.75, 3.05) is 5.32 Å². The van der Waals surface area contributed by atoms with Gasteiger partial charge >= 0.3 is 0 Å². The topological polar surface area (TPSA) is 68.0 Å². The van der Waals surface area contributed by atoms with E-state index in [1.807, 2.05) is 25.1 Å². The monoisotopic (exact) mass is 259 g/mol. The summed E-state index contributed by atoms with van der Waals surface area (Å²) < 4.78 is 0. The molecule has 5 heteroatoms. The minimum absolute atomic E-state index is 0.0557. The lowest BCUT2D eigenvalue weighted by Gasteiger charge is -2.00. The number of fused-ring (bicyclic) bond motifs is 1. The SMILES string of the molecule is Cc1nc(-c2ccc3c(c2)CC(=O)N3)sc1CN. The number of thiazole rings is 1. The van der Waals surface area contributed by atoms with E-state index < -0.39 is 0 Å². The number of nitrogens with zero attached hydrogens (tertiary/aromatic N) is 1. The van der Waals surface area contributed by atoms with Crippen LogP contribution in [0.15, 0.2) is 18.2 Å². The van der Waals surface area contributed by atoms with Gasteiger partial charge in [-0.05, 0) is 30.7 Å². The number of carbonyl (C=O) groups is 1. The summed E-state index contributed by atoms with van der Waals surface area (Å²) in [5, 5.41) is 3.80. The van der Waals surface area contributed by atoms with Gasteiger partial charge in [-0.1, -0.05) is 0 Å². The Balaban J connectivity index is 2.02. The second-order valence-electron chi connectivity index (χ2n) is 4.33. The van der Waals surface area contributed by atoms with Gasteiger partial charge in [0.05, 0.1) is 12.1 Å². The molecule has 0 atom stereocenters. The molecule has 0 saturated carbocycles. The maximum Gasteiger partial charge on any atom is 0.228 e. The zero-order valence-electron chi connectivity index (χ0n) is 9.99. The van der Waals surface area contributed by atoms with Crippen LogP contribution in [-0.2, 0) is 17.8 Å². The molecule has 2 aromatic rings. The Bertz CT molecular complexity index is 633. The van der Waals surface area contributed by atoms with Crippen molar-refractivity contribution >= 4 is 22.9 Å². The van der Waals surface area contributed by atoms with Gasteiger partial charge in [-0.15, -0.1) is 11.3 Å². The first-order valence-corrected chi connectivity index (χ1v) is 6.58. The zero-order chi connectivity index (χ0) is 12.7. The average molecular weight is 259 g/mol. The number of benzene rings is 1. The summed E-state index contributed by atoms with van der Waals surface area (Å²) >= 11 is 1.62. The number of nitrogens with one attached hydrogen (secondary N) is 1. The predicted molar refractivity (Wildman–Crippen MR) is 72.5 cm³/mol. The molecule has 92 valence electrons. The molecule has 3 N–H and O–H groups in total. The molecule has 1 amide bonds. The standard InChI is InChI=1S/C13H13N3OS/c1-7-11(6-14)18-13(15-7)8-2-3-10-9(4-8)5-12(17)16-10/h2-4H,5-6,14H2,1H3,(H,16,17). The van der Waals surface area contributed by atoms with Crippen molar-refractivity contribution in [2.24, 2.45) is 5.73 Å². The summed E-state index contributed by atoms with van der Waals surface area (Å²) in [6.45, 7) is 2.50. The normalized spacial score (nSPS) is 13.6. The molecule has 2 heterocycles. The van der Waals surface area contributed by atoms with E-state index in [-0.39, 0.29) is 5.91 Å². The third-order valence-corrected chi connectivity index (χ3v) is 4.28. The second kappa shape index (κ2) is 4.19. The molecule has 1 aromatic carbocycles. The largest absolute Gasteiger partial charge is 0.326 e. The highest BCUT2D eigenvalue weighted by atomic mass is 32.1. The van der Waals surface area contributed by atoms with E-state index in [0.29, 0.717) is 13.0 Å². The molecule has 0 bridgehead atoms. The lowest BCUT2D eigenvalue weighted by Crippen LogP contribution is -2.03. The van der Waals surface area contributed by atoms with Gasteiger partial charge in [0.2, 0.25) is 5.91 Å². The molecule has 1 aliphatic rings. The van der Waals surface area contributed by atoms with Gasteiger partial charge in [0.1, 0.15) is 5.01 Å². The Morgan fingerprint density at radius 3 is 3.06 bits per heavy atom. The molecule has 0 aliphatic carbocycles. The minimum Gasteiger partial charge on any atom is -0.326 e. The summed E-state index contributed by atoms with van der Waals surface area (Å²) in [5.74, 6) is 0.0557. The van der Waals surface area contributed by atoms with Gasteiger partial charge in [0, 0.05) is 22.7 Å². The molecule has 18 heavy (non-hydrogen) atoms. The summed E-state index contributed by atoms with van der Waals surface area (Å²) in [4.78, 5) is 17.0. The van der Waals surface area contributed by atoms with E-state index in [1.165, 1.54) is 0 Å². The van der Waals surface area contributed by atoms with Gasteiger partial charge in [0.15, 0.2) is 0 Å². The molecule has 0 spiro atoms. The Morgan fingerprint density at radius 2 is 2.33 bits per heavy atom. The predicted octanol–water partition coefficient (Wildman–Crippen LogP) is 2.07. The minimum atomic E-state index is 0.0557. The summed E-state index contributed by atoms with van der Waals surface area (Å²) in [6.07, 6.45) is 0.456. The number of nitrogens with two attached hydrogens (primary N) is 1. The fourth-order valence-electron chi connectivity index (χ4n) is 2.10. The van der Waals surface area contributed by atoms with Crippen molar-refractivity contribution in [3.63, 3.8) is 0 Å². The molecule has 1 aliphatic heterocycles. The number of rotatable bonds is 2.